The molecule has 0 aliphatic carbocycles. The molecular weight excluding hydrogens is 448 g/mol. The lowest BCUT2D eigenvalue weighted by Crippen LogP contribution is -2.38. The lowest BCUT2D eigenvalue weighted by molar-refractivity contribution is 0.0694. The van der Waals surface area contributed by atoms with Crippen molar-refractivity contribution in [3.8, 4) is 0 Å². The van der Waals surface area contributed by atoms with Crippen LogP contribution >= 0.6 is 11.3 Å². The summed E-state index contributed by atoms with van der Waals surface area (Å²) in [4.78, 5) is 30.3. The van der Waals surface area contributed by atoms with E-state index < -0.39 is 11.5 Å². The summed E-state index contributed by atoms with van der Waals surface area (Å²) in [5.41, 5.74) is 2.00. The van der Waals surface area contributed by atoms with Crippen molar-refractivity contribution < 1.29 is 14.7 Å². The Bertz CT molecular complexity index is 1360. The van der Waals surface area contributed by atoms with Crippen LogP contribution in [0.25, 0.3) is 10.1 Å². The highest BCUT2D eigenvalue weighted by Crippen LogP contribution is 2.29. The number of carbonyl (C=O) groups is 2. The maximum Gasteiger partial charge on any atom is 0.257 e. The number of aliphatic hydroxyl groups is 1. The maximum atomic E-state index is 13.2. The highest BCUT2D eigenvalue weighted by atomic mass is 32.1. The third-order valence-corrected chi connectivity index (χ3v) is 6.17. The molecule has 0 fully saturated rings. The zero-order chi connectivity index (χ0) is 24.3. The summed E-state index contributed by atoms with van der Waals surface area (Å²) in [7, 11) is 0. The minimum atomic E-state index is -1.05. The summed E-state index contributed by atoms with van der Waals surface area (Å²) in [5, 5.41) is 21.5. The van der Waals surface area contributed by atoms with Crippen LogP contribution in [0.3, 0.4) is 0 Å². The molecule has 0 saturated heterocycles. The van der Waals surface area contributed by atoms with E-state index in [0.717, 1.165) is 21.3 Å². The van der Waals surface area contributed by atoms with Crippen molar-refractivity contribution in [2.24, 2.45) is 0 Å². The molecule has 34 heavy (non-hydrogen) atoms. The van der Waals surface area contributed by atoms with E-state index in [0.29, 0.717) is 17.1 Å². The van der Waals surface area contributed by atoms with Gasteiger partial charge in [0.1, 0.15) is 0 Å². The number of nitrogens with zero attached hydrogens (tertiary/aromatic N) is 1. The first-order valence-corrected chi connectivity index (χ1v) is 11.7. The molecule has 0 radical (unpaired) electrons. The lowest BCUT2D eigenvalue weighted by Gasteiger charge is -2.18. The first kappa shape index (κ1) is 23.4. The van der Waals surface area contributed by atoms with Gasteiger partial charge in [-0.25, -0.2) is 4.98 Å². The number of aryl methyl sites for hydroxylation is 1. The largest absolute Gasteiger partial charge is 0.389 e. The number of thiophene rings is 1. The Labute approximate surface area is 201 Å². The molecule has 0 unspecified atom stereocenters. The van der Waals surface area contributed by atoms with Gasteiger partial charge in [-0.2, -0.15) is 0 Å². The second-order valence-corrected chi connectivity index (χ2v) is 9.57. The monoisotopic (exact) mass is 474 g/mol. The number of para-hydroxylation sites is 1. The van der Waals surface area contributed by atoms with Crippen LogP contribution in [0.15, 0.2) is 66.2 Å². The molecule has 2 amide bonds. The quantitative estimate of drug-likeness (QED) is 0.298. The summed E-state index contributed by atoms with van der Waals surface area (Å²) in [6.07, 6.45) is 1.44. The number of hydrogen-bond donors (Lipinski definition) is 4. The molecule has 174 valence electrons. The molecule has 4 rings (SSSR count). The van der Waals surface area contributed by atoms with E-state index in [1.54, 1.807) is 19.9 Å². The second-order valence-electron chi connectivity index (χ2n) is 8.65. The van der Waals surface area contributed by atoms with Crippen LogP contribution < -0.4 is 16.0 Å². The van der Waals surface area contributed by atoms with E-state index in [9.17, 15) is 14.7 Å². The van der Waals surface area contributed by atoms with Crippen molar-refractivity contribution in [3.05, 3.63) is 82.9 Å². The van der Waals surface area contributed by atoms with E-state index >= 15 is 0 Å². The molecule has 0 saturated carbocycles. The summed E-state index contributed by atoms with van der Waals surface area (Å²) >= 11 is 1.50. The Morgan fingerprint density at radius 3 is 2.53 bits per heavy atom. The average molecular weight is 475 g/mol. The number of aromatic nitrogens is 1. The average Bonchev–Trinajstić information content (AvgIpc) is 3.24. The first-order valence-electron chi connectivity index (χ1n) is 10.8. The molecule has 2 aromatic heterocycles. The van der Waals surface area contributed by atoms with E-state index in [-0.39, 0.29) is 18.0 Å². The van der Waals surface area contributed by atoms with Gasteiger partial charge in [0.25, 0.3) is 11.8 Å². The predicted molar refractivity (Wildman–Crippen MR) is 137 cm³/mol. The Hall–Kier alpha value is -3.75. The van der Waals surface area contributed by atoms with Gasteiger partial charge in [-0.1, -0.05) is 36.4 Å². The van der Waals surface area contributed by atoms with Gasteiger partial charge in [0.05, 0.1) is 22.4 Å². The molecule has 0 atom stereocenters. The summed E-state index contributed by atoms with van der Waals surface area (Å²) in [5.74, 6) is -0.268. The van der Waals surface area contributed by atoms with E-state index in [1.807, 2.05) is 60.8 Å². The fourth-order valence-corrected chi connectivity index (χ4v) is 4.31. The van der Waals surface area contributed by atoms with Crippen molar-refractivity contribution in [2.45, 2.75) is 26.4 Å². The number of carbonyl (C=O) groups excluding carboxylic acids is 2. The molecule has 0 aliphatic rings. The van der Waals surface area contributed by atoms with Gasteiger partial charge in [0.2, 0.25) is 0 Å². The number of hydrogen-bond acceptors (Lipinski definition) is 6. The number of rotatable bonds is 7. The van der Waals surface area contributed by atoms with Crippen LogP contribution in [-0.2, 0) is 0 Å². The number of nitrogens with one attached hydrogen (secondary N) is 3. The van der Waals surface area contributed by atoms with Crippen molar-refractivity contribution >= 4 is 50.4 Å². The fourth-order valence-electron chi connectivity index (χ4n) is 3.37. The van der Waals surface area contributed by atoms with Gasteiger partial charge in [-0.15, -0.1) is 11.3 Å². The molecule has 7 nitrogen and oxygen atoms in total. The predicted octanol–water partition coefficient (Wildman–Crippen LogP) is 5.10. The Balaban J connectivity index is 1.67. The molecular formula is C26H26N4O3S. The van der Waals surface area contributed by atoms with Crippen LogP contribution in [0.1, 0.15) is 40.1 Å². The number of anilines is 3. The summed E-state index contributed by atoms with van der Waals surface area (Å²) in [6.45, 7) is 5.27. The third-order valence-electron chi connectivity index (χ3n) is 5.20. The van der Waals surface area contributed by atoms with Gasteiger partial charge < -0.3 is 21.1 Å². The molecule has 0 spiro atoms. The zero-order valence-corrected chi connectivity index (χ0v) is 20.0. The van der Waals surface area contributed by atoms with Crippen molar-refractivity contribution in [1.29, 1.82) is 0 Å². The number of fused-ring (bicyclic) bond motifs is 1. The molecule has 0 bridgehead atoms. The van der Waals surface area contributed by atoms with Crippen LogP contribution in [0.2, 0.25) is 0 Å². The van der Waals surface area contributed by atoms with E-state index in [4.69, 9.17) is 0 Å². The van der Waals surface area contributed by atoms with Crippen molar-refractivity contribution in [2.75, 3.05) is 17.2 Å². The topological polar surface area (TPSA) is 103 Å². The van der Waals surface area contributed by atoms with Gasteiger partial charge >= 0.3 is 0 Å². The Morgan fingerprint density at radius 2 is 1.76 bits per heavy atom. The van der Waals surface area contributed by atoms with Gasteiger partial charge in [-0.3, -0.25) is 9.59 Å². The highest BCUT2D eigenvalue weighted by Gasteiger charge is 2.19. The minimum absolute atomic E-state index is 0.0810. The number of amides is 2. The summed E-state index contributed by atoms with van der Waals surface area (Å²) in [6, 6.07) is 17.0. The van der Waals surface area contributed by atoms with Gasteiger partial charge in [0.15, 0.2) is 5.82 Å². The minimum Gasteiger partial charge on any atom is -0.389 e. The zero-order valence-electron chi connectivity index (χ0n) is 19.2. The summed E-state index contributed by atoms with van der Waals surface area (Å²) < 4.78 is 1.02. The molecule has 0 aliphatic heterocycles. The SMILES string of the molecule is Cc1ccccc1Nc1ncc(C(=O)NCC(C)(C)O)cc1NC(=O)c1csc2ccccc12. The lowest BCUT2D eigenvalue weighted by atomic mass is 10.1. The second kappa shape index (κ2) is 9.62. The normalized spacial score (nSPS) is 11.3. The van der Waals surface area contributed by atoms with Crippen LogP contribution in [0.5, 0.6) is 0 Å². The van der Waals surface area contributed by atoms with Gasteiger partial charge in [-0.05, 0) is 44.5 Å². The molecule has 4 aromatic rings. The molecule has 4 N–H and O–H groups in total. The molecule has 2 heterocycles. The highest BCUT2D eigenvalue weighted by molar-refractivity contribution is 7.17. The van der Waals surface area contributed by atoms with Gasteiger partial charge in [0, 0.05) is 33.9 Å². The van der Waals surface area contributed by atoms with Crippen molar-refractivity contribution in [3.63, 3.8) is 0 Å². The van der Waals surface area contributed by atoms with Crippen molar-refractivity contribution in [1.82, 2.24) is 10.3 Å². The molecule has 2 aromatic carbocycles. The third kappa shape index (κ3) is 5.41. The standard InChI is InChI=1S/C26H26N4O3S/c1-16-8-4-6-10-20(16)29-23-21(12-17(13-27-23)24(31)28-15-26(2,3)33)30-25(32)19-14-34-22-11-7-5-9-18(19)22/h4-14,33H,15H2,1-3H3,(H,27,29)(H,28,31)(H,30,32). The number of benzene rings is 2. The first-order chi connectivity index (χ1) is 16.2. The van der Waals surface area contributed by atoms with Crippen LogP contribution in [0, 0.1) is 6.92 Å². The Kier molecular flexibility index (Phi) is 6.63. The molecule has 8 heteroatoms. The maximum absolute atomic E-state index is 13.2. The smallest absolute Gasteiger partial charge is 0.257 e. The number of pyridine rings is 1. The fraction of sp³-hybridized carbons (Fsp3) is 0.192. The Morgan fingerprint density at radius 1 is 1.03 bits per heavy atom. The van der Waals surface area contributed by atoms with Crippen LogP contribution in [-0.4, -0.2) is 34.1 Å². The van der Waals surface area contributed by atoms with E-state index in [2.05, 4.69) is 20.9 Å². The van der Waals surface area contributed by atoms with Crippen LogP contribution in [0.4, 0.5) is 17.2 Å². The van der Waals surface area contributed by atoms with E-state index in [1.165, 1.54) is 17.5 Å².